The van der Waals surface area contributed by atoms with Gasteiger partial charge in [0, 0.05) is 12.1 Å². The highest BCUT2D eigenvalue weighted by Gasteiger charge is 2.12. The van der Waals surface area contributed by atoms with E-state index in [4.69, 9.17) is 5.11 Å². The van der Waals surface area contributed by atoms with Crippen LogP contribution in [0.2, 0.25) is 0 Å². The fourth-order valence-electron chi connectivity index (χ4n) is 1.18. The second kappa shape index (κ2) is 3.93. The average Bonchev–Trinajstić information content (AvgIpc) is 2.71. The summed E-state index contributed by atoms with van der Waals surface area (Å²) in [6.45, 7) is -0.370. The first-order valence-electron chi connectivity index (χ1n) is 4.29. The number of benzene rings is 1. The van der Waals surface area contributed by atoms with Crippen LogP contribution in [0.15, 0.2) is 18.3 Å². The summed E-state index contributed by atoms with van der Waals surface area (Å²) in [7, 11) is 0. The van der Waals surface area contributed by atoms with E-state index >= 15 is 0 Å². The van der Waals surface area contributed by atoms with Crippen molar-refractivity contribution < 1.29 is 18.3 Å². The molecule has 1 aromatic carbocycles. The standard InChI is InChI=1S/C9H6F3N3O/c10-6-1-8(12)9(2-7(6)11)15-3-5(4-16)13-14-15/h1-3,16H,4H2. The summed E-state index contributed by atoms with van der Waals surface area (Å²) >= 11 is 0. The molecule has 2 aromatic rings. The molecule has 0 spiro atoms. The number of nitrogens with zero attached hydrogens (tertiary/aromatic N) is 3. The van der Waals surface area contributed by atoms with Crippen LogP contribution in [-0.4, -0.2) is 20.1 Å². The van der Waals surface area contributed by atoms with Gasteiger partial charge in [-0.2, -0.15) is 0 Å². The number of hydrogen-bond donors (Lipinski definition) is 1. The molecular weight excluding hydrogens is 223 g/mol. The molecule has 2 rings (SSSR count). The van der Waals surface area contributed by atoms with Crippen molar-refractivity contribution in [1.82, 2.24) is 15.0 Å². The molecule has 1 heterocycles. The molecule has 0 aliphatic heterocycles. The number of aliphatic hydroxyl groups is 1. The lowest BCUT2D eigenvalue weighted by molar-refractivity contribution is 0.276. The topological polar surface area (TPSA) is 50.9 Å². The van der Waals surface area contributed by atoms with Crippen LogP contribution in [0.3, 0.4) is 0 Å². The maximum Gasteiger partial charge on any atom is 0.161 e. The van der Waals surface area contributed by atoms with Crippen LogP contribution in [-0.2, 0) is 6.61 Å². The Hall–Kier alpha value is -1.89. The second-order valence-corrected chi connectivity index (χ2v) is 3.03. The molecule has 7 heteroatoms. The van der Waals surface area contributed by atoms with E-state index in [9.17, 15) is 13.2 Å². The Bertz CT molecular complexity index is 527. The predicted molar refractivity (Wildman–Crippen MR) is 47.2 cm³/mol. The zero-order valence-corrected chi connectivity index (χ0v) is 7.86. The Morgan fingerprint density at radius 3 is 2.44 bits per heavy atom. The van der Waals surface area contributed by atoms with Crippen molar-refractivity contribution in [2.24, 2.45) is 0 Å². The summed E-state index contributed by atoms with van der Waals surface area (Å²) in [6.07, 6.45) is 1.22. The highest BCUT2D eigenvalue weighted by molar-refractivity contribution is 5.33. The van der Waals surface area contributed by atoms with Crippen molar-refractivity contribution in [3.8, 4) is 5.69 Å². The monoisotopic (exact) mass is 229 g/mol. The van der Waals surface area contributed by atoms with Crippen LogP contribution in [0.5, 0.6) is 0 Å². The third-order valence-corrected chi connectivity index (χ3v) is 1.94. The molecule has 0 unspecified atom stereocenters. The summed E-state index contributed by atoms with van der Waals surface area (Å²) in [5.74, 6) is -3.42. The van der Waals surface area contributed by atoms with Crippen LogP contribution in [0, 0.1) is 17.5 Å². The molecule has 0 amide bonds. The second-order valence-electron chi connectivity index (χ2n) is 3.03. The minimum Gasteiger partial charge on any atom is -0.390 e. The van der Waals surface area contributed by atoms with Crippen LogP contribution in [0.4, 0.5) is 13.2 Å². The first-order valence-corrected chi connectivity index (χ1v) is 4.29. The third kappa shape index (κ3) is 1.76. The molecule has 4 nitrogen and oxygen atoms in total. The molecule has 0 bridgehead atoms. The molecule has 0 saturated carbocycles. The van der Waals surface area contributed by atoms with E-state index in [1.165, 1.54) is 6.20 Å². The lowest BCUT2D eigenvalue weighted by Gasteiger charge is -2.02. The Balaban J connectivity index is 2.51. The average molecular weight is 229 g/mol. The lowest BCUT2D eigenvalue weighted by atomic mass is 10.3. The molecule has 0 radical (unpaired) electrons. The molecule has 16 heavy (non-hydrogen) atoms. The third-order valence-electron chi connectivity index (χ3n) is 1.94. The minimum absolute atomic E-state index is 0.198. The number of aliphatic hydroxyl groups excluding tert-OH is 1. The van der Waals surface area contributed by atoms with Gasteiger partial charge in [0.25, 0.3) is 0 Å². The van der Waals surface area contributed by atoms with Crippen molar-refractivity contribution >= 4 is 0 Å². The normalized spacial score (nSPS) is 10.8. The number of rotatable bonds is 2. The Morgan fingerprint density at radius 2 is 1.81 bits per heavy atom. The zero-order valence-electron chi connectivity index (χ0n) is 7.86. The van der Waals surface area contributed by atoms with E-state index in [0.717, 1.165) is 4.68 Å². The summed E-state index contributed by atoms with van der Waals surface area (Å²) in [5.41, 5.74) is -0.0739. The number of aromatic nitrogens is 3. The van der Waals surface area contributed by atoms with Crippen molar-refractivity contribution in [2.45, 2.75) is 6.61 Å². The van der Waals surface area contributed by atoms with Gasteiger partial charge in [-0.25, -0.2) is 17.9 Å². The summed E-state index contributed by atoms with van der Waals surface area (Å²) in [6, 6.07) is 1.09. The van der Waals surface area contributed by atoms with Crippen molar-refractivity contribution in [3.05, 3.63) is 41.5 Å². The van der Waals surface area contributed by atoms with Gasteiger partial charge in [-0.05, 0) is 0 Å². The first-order chi connectivity index (χ1) is 7.61. The fraction of sp³-hybridized carbons (Fsp3) is 0.111. The molecule has 0 atom stereocenters. The highest BCUT2D eigenvalue weighted by Crippen LogP contribution is 2.17. The van der Waals surface area contributed by atoms with Gasteiger partial charge < -0.3 is 5.11 Å². The quantitative estimate of drug-likeness (QED) is 0.786. The minimum atomic E-state index is -1.27. The lowest BCUT2D eigenvalue weighted by Crippen LogP contribution is -2.01. The van der Waals surface area contributed by atoms with Gasteiger partial charge >= 0.3 is 0 Å². The fourth-order valence-corrected chi connectivity index (χ4v) is 1.18. The van der Waals surface area contributed by atoms with Crippen LogP contribution >= 0.6 is 0 Å². The maximum absolute atomic E-state index is 13.3. The Labute approximate surface area is 87.9 Å². The molecule has 0 fully saturated rings. The summed E-state index contributed by atoms with van der Waals surface area (Å²) < 4.78 is 39.7. The molecule has 1 N–H and O–H groups in total. The maximum atomic E-state index is 13.3. The van der Waals surface area contributed by atoms with Crippen molar-refractivity contribution in [3.63, 3.8) is 0 Å². The Morgan fingerprint density at radius 1 is 1.12 bits per heavy atom. The van der Waals surface area contributed by atoms with E-state index in [-0.39, 0.29) is 18.0 Å². The van der Waals surface area contributed by atoms with Crippen LogP contribution < -0.4 is 0 Å². The number of hydrogen-bond acceptors (Lipinski definition) is 3. The smallest absolute Gasteiger partial charge is 0.161 e. The molecular formula is C9H6F3N3O. The molecule has 0 aliphatic rings. The van der Waals surface area contributed by atoms with Gasteiger partial charge in [0.1, 0.15) is 11.4 Å². The van der Waals surface area contributed by atoms with Gasteiger partial charge in [-0.1, -0.05) is 5.21 Å². The van der Waals surface area contributed by atoms with Crippen molar-refractivity contribution in [1.29, 1.82) is 0 Å². The zero-order chi connectivity index (χ0) is 11.7. The Kier molecular flexibility index (Phi) is 2.61. The van der Waals surface area contributed by atoms with E-state index < -0.39 is 17.5 Å². The number of halogens is 3. The molecule has 1 aromatic heterocycles. The van der Waals surface area contributed by atoms with E-state index in [2.05, 4.69) is 10.3 Å². The largest absolute Gasteiger partial charge is 0.390 e. The van der Waals surface area contributed by atoms with Crippen LogP contribution in [0.1, 0.15) is 5.69 Å². The summed E-state index contributed by atoms with van der Waals surface area (Å²) in [4.78, 5) is 0. The van der Waals surface area contributed by atoms with Gasteiger partial charge in [0.15, 0.2) is 17.5 Å². The van der Waals surface area contributed by atoms with E-state index in [1.54, 1.807) is 0 Å². The molecule has 0 aliphatic carbocycles. The molecule has 0 saturated heterocycles. The predicted octanol–water partition coefficient (Wildman–Crippen LogP) is 1.18. The highest BCUT2D eigenvalue weighted by atomic mass is 19.2. The van der Waals surface area contributed by atoms with E-state index in [0.29, 0.717) is 12.1 Å². The van der Waals surface area contributed by atoms with E-state index in [1.807, 2.05) is 0 Å². The SMILES string of the molecule is OCc1cn(-c2cc(F)c(F)cc2F)nn1. The molecule has 84 valence electrons. The van der Waals surface area contributed by atoms with Crippen molar-refractivity contribution in [2.75, 3.05) is 0 Å². The van der Waals surface area contributed by atoms with Gasteiger partial charge in [0.2, 0.25) is 0 Å². The van der Waals surface area contributed by atoms with Gasteiger partial charge in [-0.3, -0.25) is 0 Å². The first kappa shape index (κ1) is 10.6. The summed E-state index contributed by atoms with van der Waals surface area (Å²) in [5, 5.41) is 15.7. The van der Waals surface area contributed by atoms with Crippen LogP contribution in [0.25, 0.3) is 5.69 Å². The van der Waals surface area contributed by atoms with Gasteiger partial charge in [0.05, 0.1) is 12.8 Å². The van der Waals surface area contributed by atoms with Gasteiger partial charge in [-0.15, -0.1) is 5.10 Å².